The topological polar surface area (TPSA) is 40.5 Å². The third-order valence-electron chi connectivity index (χ3n) is 1.77. The van der Waals surface area contributed by atoms with Gasteiger partial charge in [0.25, 0.3) is 0 Å². The molecule has 0 saturated carbocycles. The maximum atomic E-state index is 9.26. The number of hydrogen-bond acceptors (Lipinski definition) is 2. The molecule has 0 fully saturated rings. The Morgan fingerprint density at radius 1 is 1.36 bits per heavy atom. The molecule has 11 heavy (non-hydrogen) atoms. The van der Waals surface area contributed by atoms with Crippen molar-refractivity contribution in [2.75, 3.05) is 0 Å². The van der Waals surface area contributed by atoms with Crippen LogP contribution in [0.1, 0.15) is 32.6 Å². The maximum absolute atomic E-state index is 9.26. The van der Waals surface area contributed by atoms with Crippen LogP contribution in [0.5, 0.6) is 0 Å². The summed E-state index contributed by atoms with van der Waals surface area (Å²) >= 11 is 0. The summed E-state index contributed by atoms with van der Waals surface area (Å²) in [5, 5.41) is 18.4. The molecule has 0 amide bonds. The van der Waals surface area contributed by atoms with Gasteiger partial charge in [0.15, 0.2) is 0 Å². The van der Waals surface area contributed by atoms with Crippen LogP contribution in [0.4, 0.5) is 0 Å². The summed E-state index contributed by atoms with van der Waals surface area (Å²) in [4.78, 5) is 0. The van der Waals surface area contributed by atoms with Crippen LogP contribution in [0.25, 0.3) is 0 Å². The van der Waals surface area contributed by atoms with Crippen molar-refractivity contribution in [1.29, 1.82) is 0 Å². The lowest BCUT2D eigenvalue weighted by Crippen LogP contribution is -2.24. The standard InChI is InChI=1S/C9H18O2/c1-3-5-6-7-9(11)8(10)4-2/h3,8-11H,1,4-7H2,2H3/t8-,9+/m1/s1. The van der Waals surface area contributed by atoms with E-state index in [0.29, 0.717) is 12.8 Å². The second-order valence-corrected chi connectivity index (χ2v) is 2.76. The van der Waals surface area contributed by atoms with E-state index >= 15 is 0 Å². The molecule has 0 bridgehead atoms. The first-order chi connectivity index (χ1) is 5.22. The zero-order chi connectivity index (χ0) is 8.69. The second kappa shape index (κ2) is 6.38. The predicted molar refractivity (Wildman–Crippen MR) is 46.4 cm³/mol. The normalized spacial score (nSPS) is 15.9. The van der Waals surface area contributed by atoms with Gasteiger partial charge in [-0.15, -0.1) is 6.58 Å². The molecule has 0 saturated heterocycles. The Labute approximate surface area is 68.6 Å². The molecule has 0 aromatic heterocycles. The summed E-state index contributed by atoms with van der Waals surface area (Å²) in [6.45, 7) is 5.44. The van der Waals surface area contributed by atoms with Gasteiger partial charge < -0.3 is 10.2 Å². The predicted octanol–water partition coefficient (Wildman–Crippen LogP) is 1.47. The van der Waals surface area contributed by atoms with Gasteiger partial charge in [0.05, 0.1) is 12.2 Å². The zero-order valence-electron chi connectivity index (χ0n) is 7.16. The maximum Gasteiger partial charge on any atom is 0.0799 e. The van der Waals surface area contributed by atoms with Gasteiger partial charge in [0, 0.05) is 0 Å². The number of unbranched alkanes of at least 4 members (excludes halogenated alkanes) is 1. The molecule has 0 aromatic carbocycles. The number of aliphatic hydroxyl groups is 2. The summed E-state index contributed by atoms with van der Waals surface area (Å²) < 4.78 is 0. The van der Waals surface area contributed by atoms with Gasteiger partial charge in [-0.05, 0) is 25.7 Å². The van der Waals surface area contributed by atoms with Gasteiger partial charge in [-0.2, -0.15) is 0 Å². The third-order valence-corrected chi connectivity index (χ3v) is 1.77. The molecule has 0 spiro atoms. The highest BCUT2D eigenvalue weighted by atomic mass is 16.3. The van der Waals surface area contributed by atoms with Crippen LogP contribution in [0.3, 0.4) is 0 Å². The molecular formula is C9H18O2. The average molecular weight is 158 g/mol. The molecule has 2 atom stereocenters. The summed E-state index contributed by atoms with van der Waals surface area (Å²) in [7, 11) is 0. The van der Waals surface area contributed by atoms with Gasteiger partial charge in [0.1, 0.15) is 0 Å². The first kappa shape index (κ1) is 10.7. The summed E-state index contributed by atoms with van der Waals surface area (Å²) in [5.74, 6) is 0. The molecule has 0 aliphatic heterocycles. The Hall–Kier alpha value is -0.340. The van der Waals surface area contributed by atoms with E-state index in [2.05, 4.69) is 6.58 Å². The molecule has 2 nitrogen and oxygen atoms in total. The molecular weight excluding hydrogens is 140 g/mol. The van der Waals surface area contributed by atoms with Crippen molar-refractivity contribution in [3.63, 3.8) is 0 Å². The van der Waals surface area contributed by atoms with E-state index in [4.69, 9.17) is 5.11 Å². The molecule has 0 unspecified atom stereocenters. The molecule has 0 radical (unpaired) electrons. The van der Waals surface area contributed by atoms with Gasteiger partial charge in [-0.25, -0.2) is 0 Å². The van der Waals surface area contributed by atoms with E-state index in [-0.39, 0.29) is 0 Å². The molecule has 0 heterocycles. The molecule has 66 valence electrons. The Morgan fingerprint density at radius 3 is 2.45 bits per heavy atom. The Balaban J connectivity index is 3.34. The van der Waals surface area contributed by atoms with Crippen LogP contribution in [0.15, 0.2) is 12.7 Å². The van der Waals surface area contributed by atoms with Crippen LogP contribution in [0.2, 0.25) is 0 Å². The summed E-state index contributed by atoms with van der Waals surface area (Å²) in [6.07, 6.45) is 3.82. The minimum atomic E-state index is -0.556. The quantitative estimate of drug-likeness (QED) is 0.454. The lowest BCUT2D eigenvalue weighted by atomic mass is 10.1. The molecule has 0 aliphatic carbocycles. The van der Waals surface area contributed by atoms with Gasteiger partial charge in [0.2, 0.25) is 0 Å². The van der Waals surface area contributed by atoms with E-state index in [1.165, 1.54) is 0 Å². The lowest BCUT2D eigenvalue weighted by molar-refractivity contribution is 0.0119. The van der Waals surface area contributed by atoms with Crippen LogP contribution in [-0.2, 0) is 0 Å². The highest BCUT2D eigenvalue weighted by Gasteiger charge is 2.12. The minimum Gasteiger partial charge on any atom is -0.390 e. The van der Waals surface area contributed by atoms with Gasteiger partial charge in [-0.3, -0.25) is 0 Å². The SMILES string of the molecule is C=CCCC[C@H](O)[C@H](O)CC. The smallest absolute Gasteiger partial charge is 0.0799 e. The van der Waals surface area contributed by atoms with Crippen molar-refractivity contribution in [3.05, 3.63) is 12.7 Å². The summed E-state index contributed by atoms with van der Waals surface area (Å²) in [6, 6.07) is 0. The van der Waals surface area contributed by atoms with E-state index in [1.807, 2.05) is 13.0 Å². The monoisotopic (exact) mass is 158 g/mol. The lowest BCUT2D eigenvalue weighted by Gasteiger charge is -2.14. The first-order valence-corrected chi connectivity index (χ1v) is 4.19. The van der Waals surface area contributed by atoms with Crippen molar-refractivity contribution < 1.29 is 10.2 Å². The fraction of sp³-hybridized carbons (Fsp3) is 0.778. The Bertz CT molecular complexity index is 102. The van der Waals surface area contributed by atoms with E-state index < -0.39 is 12.2 Å². The summed E-state index contributed by atoms with van der Waals surface area (Å²) in [5.41, 5.74) is 0. The van der Waals surface area contributed by atoms with Gasteiger partial charge >= 0.3 is 0 Å². The van der Waals surface area contributed by atoms with Gasteiger partial charge in [-0.1, -0.05) is 13.0 Å². The van der Waals surface area contributed by atoms with E-state index in [0.717, 1.165) is 12.8 Å². The molecule has 0 rings (SSSR count). The van der Waals surface area contributed by atoms with E-state index in [9.17, 15) is 5.11 Å². The second-order valence-electron chi connectivity index (χ2n) is 2.76. The van der Waals surface area contributed by atoms with Crippen molar-refractivity contribution in [1.82, 2.24) is 0 Å². The third kappa shape index (κ3) is 4.99. The highest BCUT2D eigenvalue weighted by Crippen LogP contribution is 2.07. The molecule has 0 aromatic rings. The highest BCUT2D eigenvalue weighted by molar-refractivity contribution is 4.70. The number of aliphatic hydroxyl groups excluding tert-OH is 2. The fourth-order valence-corrected chi connectivity index (χ4v) is 0.936. The van der Waals surface area contributed by atoms with Crippen molar-refractivity contribution >= 4 is 0 Å². The Morgan fingerprint density at radius 2 is 2.00 bits per heavy atom. The fourth-order valence-electron chi connectivity index (χ4n) is 0.936. The van der Waals surface area contributed by atoms with Crippen molar-refractivity contribution in [2.24, 2.45) is 0 Å². The van der Waals surface area contributed by atoms with Crippen molar-refractivity contribution in [3.8, 4) is 0 Å². The number of rotatable bonds is 6. The molecule has 0 aliphatic rings. The van der Waals surface area contributed by atoms with Crippen LogP contribution in [-0.4, -0.2) is 22.4 Å². The van der Waals surface area contributed by atoms with Crippen molar-refractivity contribution in [2.45, 2.75) is 44.8 Å². The van der Waals surface area contributed by atoms with Crippen LogP contribution >= 0.6 is 0 Å². The Kier molecular flexibility index (Phi) is 6.18. The largest absolute Gasteiger partial charge is 0.390 e. The molecule has 2 heteroatoms. The average Bonchev–Trinajstić information content (AvgIpc) is 2.03. The number of hydrogen-bond donors (Lipinski definition) is 2. The minimum absolute atomic E-state index is 0.556. The number of allylic oxidation sites excluding steroid dienone is 1. The molecule has 2 N–H and O–H groups in total. The zero-order valence-corrected chi connectivity index (χ0v) is 7.16. The first-order valence-electron chi connectivity index (χ1n) is 4.19. The van der Waals surface area contributed by atoms with Crippen LogP contribution < -0.4 is 0 Å². The van der Waals surface area contributed by atoms with Crippen LogP contribution in [0, 0.1) is 0 Å². The van der Waals surface area contributed by atoms with E-state index in [1.54, 1.807) is 0 Å².